The van der Waals surface area contributed by atoms with E-state index in [2.05, 4.69) is 124 Å². The fraction of sp³-hybridized carbons (Fsp3) is 0. The van der Waals surface area contributed by atoms with Gasteiger partial charge >= 0.3 is 5.97 Å². The van der Waals surface area contributed by atoms with Gasteiger partial charge in [-0.05, 0) is 96.6 Å². The Kier molecular flexibility index (Phi) is 8.31. The molecule has 6 rings (SSSR count). The molecule has 5 aromatic carbocycles. The second-order valence-corrected chi connectivity index (χ2v) is 11.0. The van der Waals surface area contributed by atoms with Crippen molar-refractivity contribution in [1.82, 2.24) is 0 Å². The monoisotopic (exact) mass is 589 g/mol. The average molecular weight is 590 g/mol. The quantitative estimate of drug-likeness (QED) is 0.135. The van der Waals surface area contributed by atoms with Crippen LogP contribution < -0.4 is 9.80 Å². The van der Waals surface area contributed by atoms with Crippen LogP contribution in [-0.2, 0) is 4.79 Å². The van der Waals surface area contributed by atoms with Crippen molar-refractivity contribution in [2.45, 2.75) is 0 Å². The molecule has 1 aromatic heterocycles. The molecule has 1 heterocycles. The molecule has 0 amide bonds. The molecule has 44 heavy (non-hydrogen) atoms. The minimum absolute atomic E-state index is 0.297. The molecule has 0 bridgehead atoms. The number of thiophene rings is 1. The standard InChI is InChI=1S/C38H27N3O2S/c1-39-36(38(42)43)27-35-25-26-37(44-35)28-17-19-32(20-18-28)41(31-15-9-4-10-16-31)34-23-21-33(22-24-34)40(29-11-5-2-6-12-29)30-13-7-3-8-14-30/h2-27H,(H,42,43). The first-order chi connectivity index (χ1) is 21.6. The van der Waals surface area contributed by atoms with Crippen LogP contribution in [0.1, 0.15) is 4.88 Å². The van der Waals surface area contributed by atoms with Gasteiger partial charge in [0, 0.05) is 43.9 Å². The van der Waals surface area contributed by atoms with Crippen molar-refractivity contribution in [2.75, 3.05) is 9.80 Å². The summed E-state index contributed by atoms with van der Waals surface area (Å²) < 4.78 is 0. The Labute approximate surface area is 260 Å². The predicted octanol–water partition coefficient (Wildman–Crippen LogP) is 10.7. The summed E-state index contributed by atoms with van der Waals surface area (Å²) in [6.07, 6.45) is 1.41. The number of hydrogen-bond acceptors (Lipinski definition) is 4. The number of carboxylic acids is 1. The summed E-state index contributed by atoms with van der Waals surface area (Å²) in [6.45, 7) is 7.10. The van der Waals surface area contributed by atoms with Gasteiger partial charge in [0.15, 0.2) is 0 Å². The van der Waals surface area contributed by atoms with Gasteiger partial charge < -0.3 is 14.9 Å². The molecule has 0 aliphatic rings. The van der Waals surface area contributed by atoms with Crippen molar-refractivity contribution in [2.24, 2.45) is 0 Å². The SMILES string of the molecule is [C-]#[N+]C(=Cc1ccc(-c2ccc(N(c3ccccc3)c3ccc(N(c4ccccc4)c4ccccc4)cc3)cc2)s1)C(=O)O. The van der Waals surface area contributed by atoms with E-state index in [1.54, 1.807) is 0 Å². The number of hydrogen-bond donors (Lipinski definition) is 1. The Hall–Kier alpha value is -5.90. The molecule has 0 radical (unpaired) electrons. The van der Waals surface area contributed by atoms with Crippen LogP contribution in [0.2, 0.25) is 0 Å². The number of para-hydroxylation sites is 3. The molecule has 0 aliphatic heterocycles. The fourth-order valence-corrected chi connectivity index (χ4v) is 5.96. The lowest BCUT2D eigenvalue weighted by Gasteiger charge is -2.28. The first-order valence-electron chi connectivity index (χ1n) is 14.0. The maximum atomic E-state index is 11.2. The van der Waals surface area contributed by atoms with Crippen LogP contribution in [0.4, 0.5) is 34.1 Å². The van der Waals surface area contributed by atoms with E-state index in [1.807, 2.05) is 42.5 Å². The minimum Gasteiger partial charge on any atom is -0.486 e. The number of benzene rings is 5. The molecular weight excluding hydrogens is 563 g/mol. The Bertz CT molecular complexity index is 1890. The molecule has 0 spiro atoms. The predicted molar refractivity (Wildman–Crippen MR) is 181 cm³/mol. The first kappa shape index (κ1) is 28.2. The highest BCUT2D eigenvalue weighted by atomic mass is 32.1. The van der Waals surface area contributed by atoms with E-state index in [9.17, 15) is 9.90 Å². The van der Waals surface area contributed by atoms with Crippen LogP contribution in [0, 0.1) is 6.57 Å². The van der Waals surface area contributed by atoms with Gasteiger partial charge in [-0.2, -0.15) is 0 Å². The Balaban J connectivity index is 1.33. The third-order valence-electron chi connectivity index (χ3n) is 7.06. The van der Waals surface area contributed by atoms with Crippen LogP contribution in [0.5, 0.6) is 0 Å². The number of anilines is 6. The van der Waals surface area contributed by atoms with Gasteiger partial charge in [-0.1, -0.05) is 66.7 Å². The number of carboxylic acid groups (broad SMARTS) is 1. The average Bonchev–Trinajstić information content (AvgIpc) is 3.55. The third-order valence-corrected chi connectivity index (χ3v) is 8.15. The minimum atomic E-state index is -1.22. The van der Waals surface area contributed by atoms with E-state index in [0.717, 1.165) is 49.4 Å². The molecule has 6 heteroatoms. The number of aliphatic carboxylic acids is 1. The largest absolute Gasteiger partial charge is 0.486 e. The highest BCUT2D eigenvalue weighted by Gasteiger charge is 2.16. The van der Waals surface area contributed by atoms with Crippen molar-refractivity contribution in [3.63, 3.8) is 0 Å². The van der Waals surface area contributed by atoms with Gasteiger partial charge in [0.25, 0.3) is 5.70 Å². The molecule has 0 aliphatic carbocycles. The van der Waals surface area contributed by atoms with Crippen molar-refractivity contribution >= 4 is 57.5 Å². The molecule has 212 valence electrons. The lowest BCUT2D eigenvalue weighted by atomic mass is 10.1. The third kappa shape index (κ3) is 6.14. The zero-order valence-electron chi connectivity index (χ0n) is 23.6. The topological polar surface area (TPSA) is 48.1 Å². The Morgan fingerprint density at radius 3 is 1.34 bits per heavy atom. The van der Waals surface area contributed by atoms with Crippen LogP contribution in [0.25, 0.3) is 21.4 Å². The lowest BCUT2D eigenvalue weighted by molar-refractivity contribution is -0.132. The number of carbonyl (C=O) groups is 1. The summed E-state index contributed by atoms with van der Waals surface area (Å²) in [6, 6.07) is 51.7. The summed E-state index contributed by atoms with van der Waals surface area (Å²) >= 11 is 1.45. The first-order valence-corrected chi connectivity index (χ1v) is 14.8. The zero-order valence-corrected chi connectivity index (χ0v) is 24.4. The number of rotatable bonds is 9. The maximum absolute atomic E-state index is 11.2. The molecular formula is C38H27N3O2S. The fourth-order valence-electron chi connectivity index (χ4n) is 5.01. The van der Waals surface area contributed by atoms with Gasteiger partial charge in [-0.25, -0.2) is 4.85 Å². The Morgan fingerprint density at radius 1 is 0.568 bits per heavy atom. The second-order valence-electron chi connectivity index (χ2n) is 9.89. The van der Waals surface area contributed by atoms with Gasteiger partial charge in [0.2, 0.25) is 0 Å². The van der Waals surface area contributed by atoms with E-state index in [-0.39, 0.29) is 5.70 Å². The summed E-state index contributed by atoms with van der Waals surface area (Å²) in [7, 11) is 0. The van der Waals surface area contributed by atoms with Crippen LogP contribution in [-0.4, -0.2) is 11.1 Å². The van der Waals surface area contributed by atoms with Crippen LogP contribution >= 0.6 is 11.3 Å². The Morgan fingerprint density at radius 2 is 0.955 bits per heavy atom. The number of nitrogens with zero attached hydrogens (tertiary/aromatic N) is 3. The molecule has 1 N–H and O–H groups in total. The molecule has 5 nitrogen and oxygen atoms in total. The van der Waals surface area contributed by atoms with E-state index in [1.165, 1.54) is 17.4 Å². The van der Waals surface area contributed by atoms with Gasteiger partial charge in [-0.15, -0.1) is 11.3 Å². The zero-order chi connectivity index (χ0) is 30.3. The maximum Gasteiger partial charge on any atom is 0.333 e. The normalized spacial score (nSPS) is 11.0. The van der Waals surface area contributed by atoms with Gasteiger partial charge in [0.1, 0.15) is 0 Å². The van der Waals surface area contributed by atoms with Gasteiger partial charge in [0.05, 0.1) is 6.57 Å². The molecule has 0 fully saturated rings. The summed E-state index contributed by atoms with van der Waals surface area (Å²) in [5.74, 6) is -1.22. The van der Waals surface area contributed by atoms with E-state index in [0.29, 0.717) is 0 Å². The van der Waals surface area contributed by atoms with Crippen LogP contribution in [0.3, 0.4) is 0 Å². The van der Waals surface area contributed by atoms with Crippen molar-refractivity contribution in [3.05, 3.63) is 174 Å². The highest BCUT2D eigenvalue weighted by molar-refractivity contribution is 7.16. The van der Waals surface area contributed by atoms with Crippen molar-refractivity contribution < 1.29 is 9.90 Å². The van der Waals surface area contributed by atoms with Crippen molar-refractivity contribution in [3.8, 4) is 10.4 Å². The van der Waals surface area contributed by atoms with Crippen molar-refractivity contribution in [1.29, 1.82) is 0 Å². The van der Waals surface area contributed by atoms with E-state index >= 15 is 0 Å². The molecule has 6 aromatic rings. The summed E-state index contributed by atoms with van der Waals surface area (Å²) in [5.41, 5.74) is 7.02. The van der Waals surface area contributed by atoms with Crippen LogP contribution in [0.15, 0.2) is 157 Å². The van der Waals surface area contributed by atoms with Gasteiger partial charge in [-0.3, -0.25) is 4.79 Å². The summed E-state index contributed by atoms with van der Waals surface area (Å²) in [5, 5.41) is 9.19. The molecule has 0 atom stereocenters. The molecule has 0 saturated carbocycles. The highest BCUT2D eigenvalue weighted by Crippen LogP contribution is 2.39. The van der Waals surface area contributed by atoms with E-state index in [4.69, 9.17) is 6.57 Å². The van der Waals surface area contributed by atoms with E-state index < -0.39 is 5.97 Å². The molecule has 0 saturated heterocycles. The lowest BCUT2D eigenvalue weighted by Crippen LogP contribution is -2.12. The summed E-state index contributed by atoms with van der Waals surface area (Å²) in [4.78, 5) is 20.5. The smallest absolute Gasteiger partial charge is 0.333 e. The molecule has 0 unspecified atom stereocenters. The second kappa shape index (κ2) is 13.0.